The first-order chi connectivity index (χ1) is 8.87. The van der Waals surface area contributed by atoms with E-state index in [4.69, 9.17) is 0 Å². The van der Waals surface area contributed by atoms with Crippen LogP contribution in [-0.2, 0) is 6.32 Å². The molecule has 1 saturated heterocycles. The molecule has 1 aliphatic rings. The van der Waals surface area contributed by atoms with Crippen molar-refractivity contribution >= 4 is 25.3 Å². The van der Waals surface area contributed by atoms with E-state index in [1.54, 1.807) is 6.07 Å². The molecular weight excluding hydrogens is 272 g/mol. The first-order valence-corrected chi connectivity index (χ1v) is 6.81. The second-order valence-electron chi connectivity index (χ2n) is 4.91. The van der Waals surface area contributed by atoms with Crippen LogP contribution in [0, 0.1) is 6.92 Å². The van der Waals surface area contributed by atoms with E-state index in [1.807, 2.05) is 6.92 Å². The van der Waals surface area contributed by atoms with Crippen LogP contribution in [0.1, 0.15) is 11.1 Å². The zero-order valence-corrected chi connectivity index (χ0v) is 11.7. The number of nitrogens with one attached hydrogen (secondary N) is 1. The Balaban J connectivity index is 2.31. The fourth-order valence-electron chi connectivity index (χ4n) is 2.36. The Morgan fingerprint density at radius 2 is 1.89 bits per heavy atom. The van der Waals surface area contributed by atoms with Gasteiger partial charge in [-0.25, -0.2) is 0 Å². The van der Waals surface area contributed by atoms with Crippen LogP contribution in [0.3, 0.4) is 0 Å². The summed E-state index contributed by atoms with van der Waals surface area (Å²) >= 11 is 4.30. The van der Waals surface area contributed by atoms with E-state index in [9.17, 15) is 12.9 Å². The van der Waals surface area contributed by atoms with Crippen molar-refractivity contribution in [3.05, 3.63) is 23.3 Å². The molecule has 2 nitrogen and oxygen atoms in total. The normalized spacial score (nSPS) is 16.8. The lowest BCUT2D eigenvalue weighted by molar-refractivity contribution is 0.468. The maximum Gasteiger partial charge on any atom is 0.482 e. The van der Waals surface area contributed by atoms with Crippen LogP contribution < -0.4 is 10.2 Å². The Labute approximate surface area is 116 Å². The molecule has 0 unspecified atom stereocenters. The Bertz CT molecular complexity index is 459. The lowest BCUT2D eigenvalue weighted by atomic mass is 9.81. The lowest BCUT2D eigenvalue weighted by Gasteiger charge is -2.32. The molecule has 0 spiro atoms. The molecule has 1 aromatic carbocycles. The Morgan fingerprint density at radius 3 is 2.47 bits per heavy atom. The molecule has 19 heavy (non-hydrogen) atoms. The number of benzene rings is 1. The SMILES string of the molecule is Cc1c(S)cc(C[B-](F)(F)F)cc1N1CCNCC1. The number of anilines is 1. The van der Waals surface area contributed by atoms with Crippen molar-refractivity contribution < 1.29 is 12.9 Å². The zero-order valence-electron chi connectivity index (χ0n) is 10.8. The summed E-state index contributed by atoms with van der Waals surface area (Å²) in [6, 6.07) is 3.19. The summed E-state index contributed by atoms with van der Waals surface area (Å²) in [5.74, 6) is 0. The maximum absolute atomic E-state index is 12.6. The molecule has 1 N–H and O–H groups in total. The molecule has 1 fully saturated rings. The highest BCUT2D eigenvalue weighted by molar-refractivity contribution is 7.80. The van der Waals surface area contributed by atoms with Gasteiger partial charge in [0.1, 0.15) is 0 Å². The van der Waals surface area contributed by atoms with Gasteiger partial charge in [0.25, 0.3) is 0 Å². The van der Waals surface area contributed by atoms with Gasteiger partial charge in [0, 0.05) is 36.8 Å². The summed E-state index contributed by atoms with van der Waals surface area (Å²) in [5, 5.41) is 3.23. The number of hydrogen-bond acceptors (Lipinski definition) is 3. The number of thiol groups is 1. The van der Waals surface area contributed by atoms with E-state index in [0.29, 0.717) is 10.5 Å². The van der Waals surface area contributed by atoms with E-state index in [2.05, 4.69) is 22.8 Å². The topological polar surface area (TPSA) is 15.3 Å². The summed E-state index contributed by atoms with van der Waals surface area (Å²) in [6.07, 6.45) is -0.840. The molecule has 0 amide bonds. The summed E-state index contributed by atoms with van der Waals surface area (Å²) in [5.41, 5.74) is 2.13. The molecule has 1 aliphatic heterocycles. The molecule has 0 radical (unpaired) electrons. The predicted molar refractivity (Wildman–Crippen MR) is 76.3 cm³/mol. The number of piperazine rings is 1. The van der Waals surface area contributed by atoms with Gasteiger partial charge in [-0.05, 0) is 24.6 Å². The van der Waals surface area contributed by atoms with Crippen molar-refractivity contribution in [2.45, 2.75) is 18.1 Å². The fourth-order valence-corrected chi connectivity index (χ4v) is 2.64. The average molecular weight is 289 g/mol. The monoisotopic (exact) mass is 289 g/mol. The smallest absolute Gasteiger partial charge is 0.449 e. The summed E-state index contributed by atoms with van der Waals surface area (Å²) < 4.78 is 37.7. The number of hydrogen-bond donors (Lipinski definition) is 2. The third-order valence-electron chi connectivity index (χ3n) is 3.34. The first-order valence-electron chi connectivity index (χ1n) is 6.36. The second-order valence-corrected chi connectivity index (χ2v) is 5.39. The molecule has 0 bridgehead atoms. The highest BCUT2D eigenvalue weighted by atomic mass is 32.1. The second kappa shape index (κ2) is 5.67. The third kappa shape index (κ3) is 3.83. The molecule has 0 aromatic heterocycles. The quantitative estimate of drug-likeness (QED) is 0.657. The molecule has 0 saturated carbocycles. The van der Waals surface area contributed by atoms with Crippen molar-refractivity contribution in [2.75, 3.05) is 31.1 Å². The van der Waals surface area contributed by atoms with Crippen molar-refractivity contribution in [3.8, 4) is 0 Å². The van der Waals surface area contributed by atoms with Crippen LogP contribution in [0.25, 0.3) is 0 Å². The molecule has 0 atom stereocenters. The average Bonchev–Trinajstić information content (AvgIpc) is 2.33. The van der Waals surface area contributed by atoms with Gasteiger partial charge in [0.15, 0.2) is 0 Å². The van der Waals surface area contributed by atoms with Gasteiger partial charge >= 0.3 is 6.98 Å². The highest BCUT2D eigenvalue weighted by Gasteiger charge is 2.24. The minimum absolute atomic E-state index is 0.302. The molecule has 2 rings (SSSR count). The van der Waals surface area contributed by atoms with E-state index in [-0.39, 0.29) is 0 Å². The highest BCUT2D eigenvalue weighted by Crippen LogP contribution is 2.30. The Kier molecular flexibility index (Phi) is 4.35. The van der Waals surface area contributed by atoms with Gasteiger partial charge in [-0.15, -0.1) is 12.6 Å². The van der Waals surface area contributed by atoms with Gasteiger partial charge < -0.3 is 23.2 Å². The maximum atomic E-state index is 12.6. The number of halogens is 3. The van der Waals surface area contributed by atoms with E-state index in [0.717, 1.165) is 37.4 Å². The van der Waals surface area contributed by atoms with Crippen LogP contribution in [-0.4, -0.2) is 33.2 Å². The lowest BCUT2D eigenvalue weighted by Crippen LogP contribution is -2.43. The zero-order chi connectivity index (χ0) is 14.0. The van der Waals surface area contributed by atoms with E-state index >= 15 is 0 Å². The summed E-state index contributed by atoms with van der Waals surface area (Å²) in [7, 11) is 0. The fraction of sp³-hybridized carbons (Fsp3) is 0.500. The molecule has 7 heteroatoms. The van der Waals surface area contributed by atoms with Crippen LogP contribution >= 0.6 is 12.6 Å². The number of nitrogens with zero attached hydrogens (tertiary/aromatic N) is 1. The third-order valence-corrected chi connectivity index (χ3v) is 3.80. The van der Waals surface area contributed by atoms with Crippen molar-refractivity contribution in [3.63, 3.8) is 0 Å². The largest absolute Gasteiger partial charge is 0.482 e. The molecule has 1 heterocycles. The van der Waals surface area contributed by atoms with Crippen molar-refractivity contribution in [2.24, 2.45) is 0 Å². The van der Waals surface area contributed by atoms with E-state index < -0.39 is 13.3 Å². The van der Waals surface area contributed by atoms with Gasteiger partial charge in [-0.2, -0.15) is 0 Å². The van der Waals surface area contributed by atoms with Crippen LogP contribution in [0.2, 0.25) is 0 Å². The van der Waals surface area contributed by atoms with Crippen LogP contribution in [0.15, 0.2) is 17.0 Å². The minimum Gasteiger partial charge on any atom is -0.449 e. The van der Waals surface area contributed by atoms with Crippen molar-refractivity contribution in [1.82, 2.24) is 5.32 Å². The molecule has 0 aliphatic carbocycles. The first kappa shape index (κ1) is 14.6. The van der Waals surface area contributed by atoms with Gasteiger partial charge in [-0.3, -0.25) is 0 Å². The van der Waals surface area contributed by atoms with Gasteiger partial charge in [-0.1, -0.05) is 11.9 Å². The minimum atomic E-state index is -4.81. The standard InChI is InChI=1S/C12H17BF3N2S/c1-9-11(18-4-2-17-3-5-18)6-10(7-12(9)19)8-13(14,15)16/h6-7,17,19H,2-5,8H2,1H3/q-1. The molecule has 1 aromatic rings. The summed E-state index contributed by atoms with van der Waals surface area (Å²) in [4.78, 5) is 2.75. The van der Waals surface area contributed by atoms with Crippen molar-refractivity contribution in [1.29, 1.82) is 0 Å². The van der Waals surface area contributed by atoms with Crippen LogP contribution in [0.5, 0.6) is 0 Å². The number of rotatable bonds is 3. The Hall–Kier alpha value is -0.815. The predicted octanol–water partition coefficient (Wildman–Crippen LogP) is 2.62. The molecular formula is C12H17BF3N2S-. The van der Waals surface area contributed by atoms with E-state index in [1.165, 1.54) is 6.07 Å². The molecule has 106 valence electrons. The van der Waals surface area contributed by atoms with Gasteiger partial charge in [0.2, 0.25) is 0 Å². The van der Waals surface area contributed by atoms with Crippen LogP contribution in [0.4, 0.5) is 18.6 Å². The Morgan fingerprint density at radius 1 is 1.26 bits per heavy atom. The summed E-state index contributed by atoms with van der Waals surface area (Å²) in [6.45, 7) is 0.435. The van der Waals surface area contributed by atoms with Gasteiger partial charge in [0.05, 0.1) is 0 Å².